The Morgan fingerprint density at radius 2 is 0.867 bits per heavy atom. The van der Waals surface area contributed by atoms with E-state index in [4.69, 9.17) is 0 Å². The van der Waals surface area contributed by atoms with Crippen LogP contribution in [0.15, 0.2) is 0 Å². The molecule has 0 saturated carbocycles. The van der Waals surface area contributed by atoms with E-state index < -0.39 is 67.0 Å². The van der Waals surface area contributed by atoms with E-state index in [-0.39, 0.29) is 0 Å². The minimum absolute atomic E-state index is 1.33. The van der Waals surface area contributed by atoms with Crippen LogP contribution < -0.4 is 3.61 Å². The normalized spacial score (nSPS) is 21.0. The van der Waals surface area contributed by atoms with Crippen LogP contribution in [-0.4, -0.2) is 67.0 Å². The van der Waals surface area contributed by atoms with Crippen LogP contribution in [-0.2, 0) is 0 Å². The fourth-order valence-corrected chi connectivity index (χ4v) is 108. The molecule has 0 aromatic carbocycles. The summed E-state index contributed by atoms with van der Waals surface area (Å²) < 4.78 is 16.8. The maximum atomic E-state index is 4.08. The molecule has 15 heavy (non-hydrogen) atoms. The average Bonchev–Trinajstić information content (AvgIpc) is 2.19. The van der Waals surface area contributed by atoms with Gasteiger partial charge in [-0.25, -0.2) is 0 Å². The van der Waals surface area contributed by atoms with Gasteiger partial charge >= 0.3 is 123 Å². The van der Waals surface area contributed by atoms with Crippen LogP contribution in [0.4, 0.5) is 0 Å². The van der Waals surface area contributed by atoms with Crippen molar-refractivity contribution in [3.63, 3.8) is 0 Å². The molecule has 3 nitrogen and oxygen atoms in total. The summed E-state index contributed by atoms with van der Waals surface area (Å²) in [5.74, 6) is 0. The van der Waals surface area contributed by atoms with Crippen molar-refractivity contribution in [1.29, 1.82) is 0 Å². The molecule has 3 N–H and O–H groups in total. The van der Waals surface area contributed by atoms with E-state index in [9.17, 15) is 0 Å². The summed E-state index contributed by atoms with van der Waals surface area (Å²) in [6, 6.07) is 0. The zero-order valence-corrected chi connectivity index (χ0v) is 20.5. The second-order valence-corrected chi connectivity index (χ2v) is 41.8. The van der Waals surface area contributed by atoms with E-state index in [1.807, 2.05) is 0 Å². The Labute approximate surface area is 121 Å². The van der Waals surface area contributed by atoms with Crippen molar-refractivity contribution in [3.05, 3.63) is 0 Å². The van der Waals surface area contributed by atoms with Crippen molar-refractivity contribution >= 4 is 67.0 Å². The Bertz CT molecular complexity index is 136. The molecule has 1 rings (SSSR count). The zero-order valence-electron chi connectivity index (χ0n) is 10.1. The summed E-state index contributed by atoms with van der Waals surface area (Å²) in [6.45, 7) is 7.02. The first kappa shape index (κ1) is 15.6. The molecular weight excluding hydrogens is 777 g/mol. The van der Waals surface area contributed by atoms with Crippen molar-refractivity contribution in [2.24, 2.45) is 0 Å². The molecule has 0 amide bonds. The molecule has 1 aliphatic heterocycles. The van der Waals surface area contributed by atoms with Gasteiger partial charge in [0.05, 0.1) is 0 Å². The van der Waals surface area contributed by atoms with Crippen LogP contribution in [0.2, 0.25) is 12.4 Å². The van der Waals surface area contributed by atoms with Gasteiger partial charge in [0, 0.05) is 0 Å². The Hall–Kier alpha value is 2.53. The summed E-state index contributed by atoms with van der Waals surface area (Å²) in [6.07, 6.45) is 4.18. The van der Waals surface area contributed by atoms with Crippen LogP contribution in [0.3, 0.4) is 0 Å². The third-order valence-electron chi connectivity index (χ3n) is 2.07. The Morgan fingerprint density at radius 1 is 0.600 bits per heavy atom. The molecule has 1 saturated heterocycles. The second kappa shape index (κ2) is 9.46. The van der Waals surface area contributed by atoms with Gasteiger partial charge in [-0.3, -0.25) is 0 Å². The van der Waals surface area contributed by atoms with Crippen molar-refractivity contribution in [3.8, 4) is 0 Å². The quantitative estimate of drug-likeness (QED) is 0.357. The number of rotatable bonds is 6. The van der Waals surface area contributed by atoms with E-state index in [2.05, 4.69) is 24.4 Å². The molecule has 1 heterocycles. The predicted octanol–water partition coefficient (Wildman–Crippen LogP) is 1.46. The number of hydrogen-bond acceptors (Lipinski definition) is 3. The minimum atomic E-state index is -1.33. The molecule has 0 aromatic rings. The van der Waals surface area contributed by atoms with Gasteiger partial charge < -0.3 is 0 Å². The van der Waals surface area contributed by atoms with Gasteiger partial charge in [0.2, 0.25) is 0 Å². The standard InChI is InChI=1S/3C3H7.3Bi.3HN/c3*1-3-2;;;;;;/h3*1,3H2,2H3;;;;3*1H. The van der Waals surface area contributed by atoms with Gasteiger partial charge in [-0.15, -0.1) is 0 Å². The van der Waals surface area contributed by atoms with Crippen molar-refractivity contribution in [1.82, 2.24) is 3.61 Å². The van der Waals surface area contributed by atoms with Gasteiger partial charge in [-0.2, -0.15) is 0 Å². The van der Waals surface area contributed by atoms with Crippen molar-refractivity contribution in [2.75, 3.05) is 0 Å². The van der Waals surface area contributed by atoms with E-state index in [1.165, 1.54) is 31.6 Å². The van der Waals surface area contributed by atoms with Crippen LogP contribution in [0.1, 0.15) is 40.0 Å². The monoisotopic (exact) mass is 801 g/mol. The fraction of sp³-hybridized carbons (Fsp3) is 1.00. The Balaban J connectivity index is 2.40. The van der Waals surface area contributed by atoms with E-state index >= 15 is 0 Å². The third kappa shape index (κ3) is 6.30. The van der Waals surface area contributed by atoms with E-state index in [1.54, 1.807) is 0 Å². The van der Waals surface area contributed by atoms with Gasteiger partial charge in [-0.05, 0) is 0 Å². The van der Waals surface area contributed by atoms with E-state index in [0.717, 1.165) is 0 Å². The predicted molar refractivity (Wildman–Crippen MR) is 72.0 cm³/mol. The van der Waals surface area contributed by atoms with Gasteiger partial charge in [-0.1, -0.05) is 0 Å². The second-order valence-electron chi connectivity index (χ2n) is 3.75. The van der Waals surface area contributed by atoms with Crippen molar-refractivity contribution < 1.29 is 0 Å². The average molecular weight is 801 g/mol. The molecule has 90 valence electrons. The molecule has 0 atom stereocenters. The molecular formula is C9H24Bi3N3. The first-order chi connectivity index (χ1) is 7.30. The van der Waals surface area contributed by atoms with Gasteiger partial charge in [0.25, 0.3) is 0 Å². The summed E-state index contributed by atoms with van der Waals surface area (Å²) >= 11 is -3.98. The summed E-state index contributed by atoms with van der Waals surface area (Å²) in [7, 11) is 0. The molecule has 1 aliphatic rings. The molecule has 0 bridgehead atoms. The van der Waals surface area contributed by atoms with Crippen molar-refractivity contribution in [2.45, 2.75) is 52.4 Å². The maximum absolute atomic E-state index is 4.08. The number of nitrogens with one attached hydrogen (secondary N) is 3. The molecule has 0 unspecified atom stereocenters. The zero-order chi connectivity index (χ0) is 11.1. The Morgan fingerprint density at radius 3 is 1.07 bits per heavy atom. The van der Waals surface area contributed by atoms with Crippen LogP contribution in [0.25, 0.3) is 0 Å². The molecule has 6 heteroatoms. The van der Waals surface area contributed by atoms with Crippen LogP contribution in [0, 0.1) is 0 Å². The first-order valence-electron chi connectivity index (χ1n) is 5.91. The van der Waals surface area contributed by atoms with Gasteiger partial charge in [0.1, 0.15) is 0 Å². The fourth-order valence-electron chi connectivity index (χ4n) is 1.48. The summed E-state index contributed by atoms with van der Waals surface area (Å²) in [5.41, 5.74) is 0. The Kier molecular flexibility index (Phi) is 9.83. The molecule has 0 spiro atoms. The van der Waals surface area contributed by atoms with Crippen LogP contribution >= 0.6 is 0 Å². The number of hydrogen-bond donors (Lipinski definition) is 3. The molecule has 0 aliphatic carbocycles. The summed E-state index contributed by atoms with van der Waals surface area (Å²) in [5, 5.41) is 0. The third-order valence-corrected chi connectivity index (χ3v) is 67.5. The first-order valence-corrected chi connectivity index (χ1v) is 23.7. The van der Waals surface area contributed by atoms with Crippen LogP contribution in [0.5, 0.6) is 0 Å². The molecule has 0 radical (unpaired) electrons. The molecule has 0 aromatic heterocycles. The summed E-state index contributed by atoms with van der Waals surface area (Å²) in [4.78, 5) is 0. The van der Waals surface area contributed by atoms with E-state index in [0.29, 0.717) is 0 Å². The molecule has 1 fully saturated rings. The SMILES string of the molecule is CC[CH2][Bi]1[NH][Bi]([CH2]CC)[NH][Bi]([CH2]CC)[NH]1. The van der Waals surface area contributed by atoms with Gasteiger partial charge in [0.15, 0.2) is 0 Å². The topological polar surface area (TPSA) is 36.1 Å².